The normalized spacial score (nSPS) is 15.8. The van der Waals surface area contributed by atoms with E-state index in [2.05, 4.69) is 17.5 Å². The second-order valence-corrected chi connectivity index (χ2v) is 8.42. The fourth-order valence-electron chi connectivity index (χ4n) is 2.93. The lowest BCUT2D eigenvalue weighted by Crippen LogP contribution is -2.54. The summed E-state index contributed by atoms with van der Waals surface area (Å²) in [6.07, 6.45) is 0. The molecule has 0 aliphatic carbocycles. The van der Waals surface area contributed by atoms with Gasteiger partial charge >= 0.3 is 0 Å². The molecule has 0 unspecified atom stereocenters. The van der Waals surface area contributed by atoms with Crippen molar-refractivity contribution in [2.45, 2.75) is 24.3 Å². The summed E-state index contributed by atoms with van der Waals surface area (Å²) in [4.78, 5) is 16.3. The largest absolute Gasteiger partial charge is 0.379 e. The van der Waals surface area contributed by atoms with Gasteiger partial charge in [-0.15, -0.1) is 11.8 Å². The minimum Gasteiger partial charge on any atom is -0.379 e. The third kappa shape index (κ3) is 7.40. The zero-order chi connectivity index (χ0) is 19.5. The number of carbonyl (C=O) groups is 1. The third-order valence-corrected chi connectivity index (χ3v) is 5.74. The van der Waals surface area contributed by atoms with Crippen molar-refractivity contribution in [1.29, 1.82) is 0 Å². The van der Waals surface area contributed by atoms with Gasteiger partial charge in [0.15, 0.2) is 5.78 Å². The van der Waals surface area contributed by atoms with Crippen molar-refractivity contribution >= 4 is 30.2 Å². The molecule has 0 saturated carbocycles. The standard InChI is InChI=1S/C20H31NO4S2/c1-20(2,21-7-9-23-10-8-21)19(22)17-3-5-18(6-4-17)27-16-14-25-12-11-24-13-15-26/h3-6,26H,7-16H2,1-2H3. The number of nitrogens with zero attached hydrogens (tertiary/aromatic N) is 1. The van der Waals surface area contributed by atoms with Crippen molar-refractivity contribution in [3.05, 3.63) is 29.8 Å². The van der Waals surface area contributed by atoms with Crippen LogP contribution in [0.25, 0.3) is 0 Å². The molecule has 1 aromatic carbocycles. The fourth-order valence-corrected chi connectivity index (χ4v) is 3.82. The van der Waals surface area contributed by atoms with Crippen LogP contribution in [0.1, 0.15) is 24.2 Å². The summed E-state index contributed by atoms with van der Waals surface area (Å²) in [5, 5.41) is 0. The number of Topliss-reactive ketones (excluding diaryl/α,β-unsaturated/α-hetero) is 1. The topological polar surface area (TPSA) is 48.0 Å². The van der Waals surface area contributed by atoms with Crippen molar-refractivity contribution in [3.8, 4) is 0 Å². The Morgan fingerprint density at radius 2 is 1.74 bits per heavy atom. The van der Waals surface area contributed by atoms with E-state index in [0.29, 0.717) is 39.6 Å². The van der Waals surface area contributed by atoms with E-state index in [1.165, 1.54) is 0 Å². The van der Waals surface area contributed by atoms with E-state index in [9.17, 15) is 4.79 Å². The molecule has 0 radical (unpaired) electrons. The summed E-state index contributed by atoms with van der Waals surface area (Å²) in [6.45, 7) is 9.54. The lowest BCUT2D eigenvalue weighted by atomic mass is 9.91. The predicted octanol–water partition coefficient (Wildman–Crippen LogP) is 3.04. The molecule has 1 aromatic rings. The van der Waals surface area contributed by atoms with E-state index in [1.54, 1.807) is 11.8 Å². The lowest BCUT2D eigenvalue weighted by Gasteiger charge is -2.39. The van der Waals surface area contributed by atoms with Crippen LogP contribution in [-0.4, -0.2) is 80.5 Å². The van der Waals surface area contributed by atoms with Crippen molar-refractivity contribution in [2.75, 3.05) is 64.2 Å². The predicted molar refractivity (Wildman–Crippen MR) is 113 cm³/mol. The molecule has 5 nitrogen and oxygen atoms in total. The first-order valence-corrected chi connectivity index (χ1v) is 11.0. The molecule has 1 aliphatic rings. The molecule has 27 heavy (non-hydrogen) atoms. The quantitative estimate of drug-likeness (QED) is 0.246. The summed E-state index contributed by atoms with van der Waals surface area (Å²) >= 11 is 5.81. The van der Waals surface area contributed by atoms with Gasteiger partial charge in [0.1, 0.15) is 0 Å². The molecule has 152 valence electrons. The Labute approximate surface area is 172 Å². The summed E-state index contributed by atoms with van der Waals surface area (Å²) in [5.74, 6) is 1.77. The first-order chi connectivity index (χ1) is 13.1. The lowest BCUT2D eigenvalue weighted by molar-refractivity contribution is -0.00430. The summed E-state index contributed by atoms with van der Waals surface area (Å²) in [6, 6.07) is 7.89. The zero-order valence-corrected chi connectivity index (χ0v) is 18.0. The molecule has 0 N–H and O–H groups in total. The highest BCUT2D eigenvalue weighted by Crippen LogP contribution is 2.24. The molecule has 7 heteroatoms. The van der Waals surface area contributed by atoms with E-state index >= 15 is 0 Å². The van der Waals surface area contributed by atoms with Crippen molar-refractivity contribution in [2.24, 2.45) is 0 Å². The monoisotopic (exact) mass is 413 g/mol. The fraction of sp³-hybridized carbons (Fsp3) is 0.650. The molecule has 0 atom stereocenters. The van der Waals surface area contributed by atoms with Gasteiger partial charge in [0.05, 0.1) is 45.2 Å². The van der Waals surface area contributed by atoms with Gasteiger partial charge in [0.25, 0.3) is 0 Å². The van der Waals surface area contributed by atoms with Crippen LogP contribution in [0.3, 0.4) is 0 Å². The molecule has 2 rings (SSSR count). The van der Waals surface area contributed by atoms with Crippen LogP contribution < -0.4 is 0 Å². The smallest absolute Gasteiger partial charge is 0.182 e. The van der Waals surface area contributed by atoms with Crippen LogP contribution in [0.2, 0.25) is 0 Å². The second kappa shape index (κ2) is 12.1. The Morgan fingerprint density at radius 3 is 2.37 bits per heavy atom. The highest BCUT2D eigenvalue weighted by Gasteiger charge is 2.35. The number of rotatable bonds is 12. The van der Waals surface area contributed by atoms with Crippen LogP contribution in [0.4, 0.5) is 0 Å². The van der Waals surface area contributed by atoms with Gasteiger partial charge in [0, 0.05) is 35.1 Å². The van der Waals surface area contributed by atoms with Crippen molar-refractivity contribution in [3.63, 3.8) is 0 Å². The Hall–Kier alpha value is -0.570. The number of ether oxygens (including phenoxy) is 3. The highest BCUT2D eigenvalue weighted by molar-refractivity contribution is 7.99. The number of thioether (sulfide) groups is 1. The van der Waals surface area contributed by atoms with Gasteiger partial charge in [0.2, 0.25) is 0 Å². The van der Waals surface area contributed by atoms with E-state index in [1.807, 2.05) is 38.1 Å². The molecule has 0 amide bonds. The number of hydrogen-bond donors (Lipinski definition) is 1. The van der Waals surface area contributed by atoms with E-state index < -0.39 is 5.54 Å². The van der Waals surface area contributed by atoms with Crippen LogP contribution >= 0.6 is 24.4 Å². The maximum atomic E-state index is 13.0. The molecule has 0 spiro atoms. The molecular formula is C20H31NO4S2. The van der Waals surface area contributed by atoms with Crippen LogP contribution in [0.5, 0.6) is 0 Å². The van der Waals surface area contributed by atoms with Crippen molar-refractivity contribution < 1.29 is 19.0 Å². The average molecular weight is 414 g/mol. The minimum atomic E-state index is -0.513. The molecule has 1 saturated heterocycles. The second-order valence-electron chi connectivity index (χ2n) is 6.81. The molecule has 1 heterocycles. The van der Waals surface area contributed by atoms with Crippen molar-refractivity contribution in [1.82, 2.24) is 4.90 Å². The Bertz CT molecular complexity index is 560. The van der Waals surface area contributed by atoms with Gasteiger partial charge in [-0.1, -0.05) is 12.1 Å². The molecular weight excluding hydrogens is 382 g/mol. The summed E-state index contributed by atoms with van der Waals surface area (Å²) in [5.41, 5.74) is 0.245. The number of morpholine rings is 1. The van der Waals surface area contributed by atoms with E-state index in [4.69, 9.17) is 14.2 Å². The maximum absolute atomic E-state index is 13.0. The highest BCUT2D eigenvalue weighted by atomic mass is 32.2. The van der Waals surface area contributed by atoms with Crippen LogP contribution in [-0.2, 0) is 14.2 Å². The van der Waals surface area contributed by atoms with Crippen LogP contribution in [0, 0.1) is 0 Å². The molecule has 1 aliphatic heterocycles. The third-order valence-electron chi connectivity index (χ3n) is 4.58. The molecule has 0 aromatic heterocycles. The maximum Gasteiger partial charge on any atom is 0.182 e. The Morgan fingerprint density at radius 1 is 1.11 bits per heavy atom. The number of hydrogen-bond acceptors (Lipinski definition) is 7. The Balaban J connectivity index is 1.74. The SMILES string of the molecule is CC(C)(C(=O)c1ccc(SCCOCCOCCS)cc1)N1CCOCC1. The van der Waals surface area contributed by atoms with Gasteiger partial charge in [-0.2, -0.15) is 12.6 Å². The average Bonchev–Trinajstić information content (AvgIpc) is 2.70. The number of benzene rings is 1. The van der Waals surface area contributed by atoms with Gasteiger partial charge in [-0.25, -0.2) is 0 Å². The number of thiol groups is 1. The van der Waals surface area contributed by atoms with Gasteiger partial charge in [-0.05, 0) is 26.0 Å². The Kier molecular flexibility index (Phi) is 10.2. The first-order valence-electron chi connectivity index (χ1n) is 9.42. The van der Waals surface area contributed by atoms with Gasteiger partial charge < -0.3 is 14.2 Å². The summed E-state index contributed by atoms with van der Waals surface area (Å²) < 4.78 is 16.2. The number of ketones is 1. The summed E-state index contributed by atoms with van der Waals surface area (Å²) in [7, 11) is 0. The molecule has 1 fully saturated rings. The molecule has 0 bridgehead atoms. The van der Waals surface area contributed by atoms with Gasteiger partial charge in [-0.3, -0.25) is 9.69 Å². The van der Waals surface area contributed by atoms with E-state index in [-0.39, 0.29) is 5.78 Å². The first kappa shape index (κ1) is 22.7. The van der Waals surface area contributed by atoms with Crippen LogP contribution in [0.15, 0.2) is 29.2 Å². The minimum absolute atomic E-state index is 0.158. The van der Waals surface area contributed by atoms with E-state index in [0.717, 1.165) is 35.1 Å². The zero-order valence-electron chi connectivity index (χ0n) is 16.3. The number of carbonyl (C=O) groups excluding carboxylic acids is 1.